The number of aromatic nitrogens is 3. The summed E-state index contributed by atoms with van der Waals surface area (Å²) in [6.07, 6.45) is 8.21. The van der Waals surface area contributed by atoms with Crippen LogP contribution >= 0.6 is 0 Å². The highest BCUT2D eigenvalue weighted by molar-refractivity contribution is 5.75. The van der Waals surface area contributed by atoms with E-state index in [9.17, 15) is 4.79 Å². The van der Waals surface area contributed by atoms with Crippen LogP contribution in [0.25, 0.3) is 0 Å². The van der Waals surface area contributed by atoms with Crippen molar-refractivity contribution in [2.45, 2.75) is 19.5 Å². The Bertz CT molecular complexity index is 578. The van der Waals surface area contributed by atoms with Crippen molar-refractivity contribution >= 4 is 5.91 Å². The standard InChI is InChI=1S/C16H21N5O/c22-16(13-21-8-2-6-19-21)20(12-15-4-7-18-10-15)11-14-3-1-5-17-9-14/h1-3,5-6,8-9,15,18H,4,7,10-13H2. The van der Waals surface area contributed by atoms with E-state index in [1.807, 2.05) is 35.5 Å². The molecule has 1 unspecified atom stereocenters. The van der Waals surface area contributed by atoms with Crippen LogP contribution in [0.1, 0.15) is 12.0 Å². The molecule has 1 amide bonds. The SMILES string of the molecule is O=C(Cn1cccn1)N(Cc1cccnc1)CC1CCNC1. The molecule has 0 bridgehead atoms. The van der Waals surface area contributed by atoms with Crippen LogP contribution in [0, 0.1) is 5.92 Å². The van der Waals surface area contributed by atoms with Gasteiger partial charge in [-0.1, -0.05) is 6.07 Å². The summed E-state index contributed by atoms with van der Waals surface area (Å²) in [5.41, 5.74) is 1.06. The molecule has 6 nitrogen and oxygen atoms in total. The number of amides is 1. The third-order valence-electron chi connectivity index (χ3n) is 3.95. The highest BCUT2D eigenvalue weighted by Crippen LogP contribution is 2.13. The van der Waals surface area contributed by atoms with E-state index in [0.717, 1.165) is 31.6 Å². The summed E-state index contributed by atoms with van der Waals surface area (Å²) in [5.74, 6) is 0.623. The quantitative estimate of drug-likeness (QED) is 0.861. The summed E-state index contributed by atoms with van der Waals surface area (Å²) in [5, 5.41) is 7.48. The van der Waals surface area contributed by atoms with Crippen molar-refractivity contribution in [2.75, 3.05) is 19.6 Å². The van der Waals surface area contributed by atoms with E-state index in [0.29, 0.717) is 12.5 Å². The van der Waals surface area contributed by atoms with E-state index in [4.69, 9.17) is 0 Å². The molecule has 6 heteroatoms. The van der Waals surface area contributed by atoms with Crippen LogP contribution in [-0.4, -0.2) is 45.2 Å². The maximum absolute atomic E-state index is 12.6. The number of hydrogen-bond donors (Lipinski definition) is 1. The molecule has 0 aliphatic carbocycles. The Hall–Kier alpha value is -2.21. The number of rotatable bonds is 6. The molecule has 1 aliphatic rings. The van der Waals surface area contributed by atoms with Gasteiger partial charge in [0.05, 0.1) is 0 Å². The molecule has 3 rings (SSSR count). The zero-order valence-corrected chi connectivity index (χ0v) is 12.6. The molecule has 22 heavy (non-hydrogen) atoms. The molecular formula is C16H21N5O. The Morgan fingerprint density at radius 2 is 2.36 bits per heavy atom. The second kappa shape index (κ2) is 7.17. The van der Waals surface area contributed by atoms with Crippen LogP contribution < -0.4 is 5.32 Å². The fourth-order valence-corrected chi connectivity index (χ4v) is 2.78. The van der Waals surface area contributed by atoms with Crippen molar-refractivity contribution < 1.29 is 4.79 Å². The summed E-state index contributed by atoms with van der Waals surface area (Å²) in [6, 6.07) is 5.75. The maximum atomic E-state index is 12.6. The first kappa shape index (κ1) is 14.7. The summed E-state index contributed by atoms with van der Waals surface area (Å²) < 4.78 is 1.67. The predicted octanol–water partition coefficient (Wildman–Crippen LogP) is 0.916. The fraction of sp³-hybridized carbons (Fsp3) is 0.438. The van der Waals surface area contributed by atoms with Crippen LogP contribution in [0.2, 0.25) is 0 Å². The number of nitrogens with zero attached hydrogens (tertiary/aromatic N) is 4. The van der Waals surface area contributed by atoms with Crippen molar-refractivity contribution in [3.05, 3.63) is 48.5 Å². The van der Waals surface area contributed by atoms with Crippen LogP contribution in [-0.2, 0) is 17.9 Å². The van der Waals surface area contributed by atoms with Crippen molar-refractivity contribution in [2.24, 2.45) is 5.92 Å². The number of carbonyl (C=O) groups is 1. The average Bonchev–Trinajstić information content (AvgIpc) is 3.21. The Morgan fingerprint density at radius 3 is 3.05 bits per heavy atom. The second-order valence-corrected chi connectivity index (χ2v) is 5.70. The zero-order chi connectivity index (χ0) is 15.2. The predicted molar refractivity (Wildman–Crippen MR) is 82.9 cm³/mol. The molecule has 1 aliphatic heterocycles. The topological polar surface area (TPSA) is 63.1 Å². The molecule has 3 heterocycles. The number of hydrogen-bond acceptors (Lipinski definition) is 4. The van der Waals surface area contributed by atoms with Gasteiger partial charge in [-0.15, -0.1) is 0 Å². The smallest absolute Gasteiger partial charge is 0.244 e. The van der Waals surface area contributed by atoms with E-state index in [-0.39, 0.29) is 12.5 Å². The molecule has 116 valence electrons. The van der Waals surface area contributed by atoms with Gasteiger partial charge in [-0.25, -0.2) is 0 Å². The van der Waals surface area contributed by atoms with Gasteiger partial charge in [0.25, 0.3) is 0 Å². The summed E-state index contributed by atoms with van der Waals surface area (Å²) >= 11 is 0. The third kappa shape index (κ3) is 3.92. The average molecular weight is 299 g/mol. The second-order valence-electron chi connectivity index (χ2n) is 5.70. The molecule has 0 aromatic carbocycles. The molecular weight excluding hydrogens is 278 g/mol. The number of nitrogens with one attached hydrogen (secondary N) is 1. The van der Waals surface area contributed by atoms with E-state index in [1.165, 1.54) is 0 Å². The Labute approximate surface area is 130 Å². The van der Waals surface area contributed by atoms with Gasteiger partial charge < -0.3 is 10.2 Å². The van der Waals surface area contributed by atoms with Gasteiger partial charge in [-0.05, 0) is 43.1 Å². The monoisotopic (exact) mass is 299 g/mol. The molecule has 2 aromatic heterocycles. The largest absolute Gasteiger partial charge is 0.336 e. The minimum absolute atomic E-state index is 0.0967. The molecule has 1 atom stereocenters. The van der Waals surface area contributed by atoms with Gasteiger partial charge >= 0.3 is 0 Å². The van der Waals surface area contributed by atoms with E-state index in [1.54, 1.807) is 17.1 Å². The summed E-state index contributed by atoms with van der Waals surface area (Å²) in [6.45, 7) is 3.69. The fourth-order valence-electron chi connectivity index (χ4n) is 2.78. The molecule has 1 N–H and O–H groups in total. The van der Waals surface area contributed by atoms with Gasteiger partial charge in [-0.3, -0.25) is 14.5 Å². The van der Waals surface area contributed by atoms with Gasteiger partial charge in [-0.2, -0.15) is 5.10 Å². The minimum Gasteiger partial charge on any atom is -0.336 e. The molecule has 1 saturated heterocycles. The first-order valence-electron chi connectivity index (χ1n) is 7.66. The Morgan fingerprint density at radius 1 is 1.41 bits per heavy atom. The first-order chi connectivity index (χ1) is 10.8. The highest BCUT2D eigenvalue weighted by atomic mass is 16.2. The van der Waals surface area contributed by atoms with Crippen molar-refractivity contribution in [3.63, 3.8) is 0 Å². The van der Waals surface area contributed by atoms with Gasteiger partial charge in [0.2, 0.25) is 5.91 Å². The van der Waals surface area contributed by atoms with Crippen molar-refractivity contribution in [1.29, 1.82) is 0 Å². The maximum Gasteiger partial charge on any atom is 0.244 e. The summed E-state index contributed by atoms with van der Waals surface area (Å²) in [4.78, 5) is 18.7. The van der Waals surface area contributed by atoms with E-state index >= 15 is 0 Å². The Kier molecular flexibility index (Phi) is 4.80. The summed E-state index contributed by atoms with van der Waals surface area (Å²) in [7, 11) is 0. The normalized spacial score (nSPS) is 17.5. The van der Waals surface area contributed by atoms with Gasteiger partial charge in [0.15, 0.2) is 0 Å². The van der Waals surface area contributed by atoms with Gasteiger partial charge in [0.1, 0.15) is 6.54 Å². The lowest BCUT2D eigenvalue weighted by atomic mass is 10.1. The highest BCUT2D eigenvalue weighted by Gasteiger charge is 2.22. The van der Waals surface area contributed by atoms with Crippen LogP contribution in [0.15, 0.2) is 43.0 Å². The third-order valence-corrected chi connectivity index (χ3v) is 3.95. The Balaban J connectivity index is 1.68. The van der Waals surface area contributed by atoms with Crippen molar-refractivity contribution in [1.82, 2.24) is 25.0 Å². The molecule has 1 fully saturated rings. The first-order valence-corrected chi connectivity index (χ1v) is 7.66. The lowest BCUT2D eigenvalue weighted by molar-refractivity contribution is -0.133. The number of carbonyl (C=O) groups excluding carboxylic acids is 1. The molecule has 0 radical (unpaired) electrons. The molecule has 2 aromatic rings. The zero-order valence-electron chi connectivity index (χ0n) is 12.6. The van der Waals surface area contributed by atoms with E-state index in [2.05, 4.69) is 15.4 Å². The van der Waals surface area contributed by atoms with Gasteiger partial charge in [0, 0.05) is 37.9 Å². The number of pyridine rings is 1. The lowest BCUT2D eigenvalue weighted by Crippen LogP contribution is -2.37. The minimum atomic E-state index is 0.0967. The van der Waals surface area contributed by atoms with Crippen LogP contribution in [0.4, 0.5) is 0 Å². The van der Waals surface area contributed by atoms with E-state index < -0.39 is 0 Å². The lowest BCUT2D eigenvalue weighted by Gasteiger charge is -2.25. The molecule has 0 spiro atoms. The van der Waals surface area contributed by atoms with Crippen molar-refractivity contribution in [3.8, 4) is 0 Å². The van der Waals surface area contributed by atoms with Crippen LogP contribution in [0.5, 0.6) is 0 Å². The van der Waals surface area contributed by atoms with Crippen LogP contribution in [0.3, 0.4) is 0 Å². The molecule has 0 saturated carbocycles.